The van der Waals surface area contributed by atoms with Gasteiger partial charge in [0.2, 0.25) is 0 Å². The second-order valence-electron chi connectivity index (χ2n) is 2.55. The lowest BCUT2D eigenvalue weighted by Crippen LogP contribution is -2.09. The minimum atomic E-state index is -4.62. The van der Waals surface area contributed by atoms with Crippen LogP contribution in [0.3, 0.4) is 0 Å². The van der Waals surface area contributed by atoms with Crippen LogP contribution >= 0.6 is 23.2 Å². The first kappa shape index (κ1) is 11.6. The van der Waals surface area contributed by atoms with E-state index in [9.17, 15) is 17.6 Å². The summed E-state index contributed by atoms with van der Waals surface area (Å²) >= 11 is 10.6. The third-order valence-electron chi connectivity index (χ3n) is 1.60. The molecule has 1 rings (SSSR count). The van der Waals surface area contributed by atoms with Crippen molar-refractivity contribution in [3.8, 4) is 0 Å². The molecular weight excluding hydrogens is 243 g/mol. The second kappa shape index (κ2) is 3.95. The predicted octanol–water partition coefficient (Wildman–Crippen LogP) is 4.24. The van der Waals surface area contributed by atoms with Gasteiger partial charge in [-0.25, -0.2) is 4.39 Å². The molecule has 0 heterocycles. The average Bonchev–Trinajstić information content (AvgIpc) is 2.07. The molecule has 6 heteroatoms. The first-order chi connectivity index (χ1) is 6.36. The smallest absolute Gasteiger partial charge is 0.205 e. The zero-order valence-corrected chi connectivity index (χ0v) is 8.14. The highest BCUT2D eigenvalue weighted by molar-refractivity contribution is 6.31. The van der Waals surface area contributed by atoms with Crippen LogP contribution < -0.4 is 0 Å². The molecule has 0 radical (unpaired) electrons. The second-order valence-corrected chi connectivity index (χ2v) is 3.23. The molecule has 0 nitrogen and oxygen atoms in total. The molecule has 0 amide bonds. The molecule has 0 aromatic heterocycles. The van der Waals surface area contributed by atoms with Crippen molar-refractivity contribution in [3.63, 3.8) is 0 Å². The lowest BCUT2D eigenvalue weighted by atomic mass is 10.1. The van der Waals surface area contributed by atoms with Crippen LogP contribution in [0.4, 0.5) is 17.6 Å². The minimum absolute atomic E-state index is 0.231. The summed E-state index contributed by atoms with van der Waals surface area (Å²) in [6, 6.07) is 1.23. The van der Waals surface area contributed by atoms with E-state index in [0.717, 1.165) is 6.07 Å². The maximum absolute atomic E-state index is 12.8. The van der Waals surface area contributed by atoms with Crippen LogP contribution in [0.1, 0.15) is 11.1 Å². The molecule has 0 bridgehead atoms. The maximum Gasteiger partial charge on any atom is 0.416 e. The lowest BCUT2D eigenvalue weighted by Gasteiger charge is -2.11. The van der Waals surface area contributed by atoms with Crippen LogP contribution in [-0.2, 0) is 12.1 Å². The molecule has 78 valence electrons. The van der Waals surface area contributed by atoms with Crippen LogP contribution in [-0.4, -0.2) is 0 Å². The predicted molar refractivity (Wildman–Crippen MR) is 46.0 cm³/mol. The third-order valence-corrected chi connectivity index (χ3v) is 2.17. The van der Waals surface area contributed by atoms with Gasteiger partial charge in [-0.3, -0.25) is 0 Å². The van der Waals surface area contributed by atoms with E-state index in [0.29, 0.717) is 6.07 Å². The van der Waals surface area contributed by atoms with E-state index in [4.69, 9.17) is 23.2 Å². The Kier molecular flexibility index (Phi) is 3.27. The quantitative estimate of drug-likeness (QED) is 0.514. The Morgan fingerprint density at radius 2 is 1.79 bits per heavy atom. The van der Waals surface area contributed by atoms with Crippen LogP contribution in [0.15, 0.2) is 12.1 Å². The van der Waals surface area contributed by atoms with E-state index in [2.05, 4.69) is 0 Å². The van der Waals surface area contributed by atoms with E-state index >= 15 is 0 Å². The van der Waals surface area contributed by atoms with Gasteiger partial charge in [0.05, 0.1) is 10.6 Å². The molecule has 0 atom stereocenters. The van der Waals surface area contributed by atoms with Gasteiger partial charge < -0.3 is 0 Å². The van der Waals surface area contributed by atoms with Gasteiger partial charge in [-0.05, 0) is 17.7 Å². The van der Waals surface area contributed by atoms with Crippen molar-refractivity contribution in [2.75, 3.05) is 0 Å². The fourth-order valence-electron chi connectivity index (χ4n) is 0.962. The number of benzene rings is 1. The standard InChI is InChI=1S/C8H4Cl2F4/c9-3-4-1-6(10)7(11)2-5(4)8(12,13)14/h1-2H,3H2. The Bertz CT molecular complexity index is 346. The molecule has 0 aliphatic rings. The van der Waals surface area contributed by atoms with Gasteiger partial charge in [-0.1, -0.05) is 11.6 Å². The highest BCUT2D eigenvalue weighted by atomic mass is 35.5. The fourth-order valence-corrected chi connectivity index (χ4v) is 1.37. The Hall–Kier alpha value is -0.480. The molecule has 0 aliphatic carbocycles. The summed E-state index contributed by atoms with van der Waals surface area (Å²) in [5.74, 6) is -1.47. The van der Waals surface area contributed by atoms with Crippen LogP contribution in [0, 0.1) is 5.82 Å². The third kappa shape index (κ3) is 2.30. The summed E-state index contributed by atoms with van der Waals surface area (Å²) in [7, 11) is 0. The average molecular weight is 247 g/mol. The lowest BCUT2D eigenvalue weighted by molar-refractivity contribution is -0.138. The van der Waals surface area contributed by atoms with Gasteiger partial charge >= 0.3 is 6.18 Å². The summed E-state index contributed by atoms with van der Waals surface area (Å²) in [5, 5.41) is -0.367. The molecule has 0 spiro atoms. The Balaban J connectivity index is 3.35. The molecule has 0 fully saturated rings. The van der Waals surface area contributed by atoms with Crippen molar-refractivity contribution in [1.82, 2.24) is 0 Å². The highest BCUT2D eigenvalue weighted by Gasteiger charge is 2.34. The van der Waals surface area contributed by atoms with Gasteiger partial charge in [0.15, 0.2) is 0 Å². The Morgan fingerprint density at radius 1 is 1.21 bits per heavy atom. The van der Waals surface area contributed by atoms with Crippen molar-refractivity contribution in [3.05, 3.63) is 34.1 Å². The van der Waals surface area contributed by atoms with E-state index in [1.165, 1.54) is 0 Å². The fraction of sp³-hybridized carbons (Fsp3) is 0.250. The first-order valence-electron chi connectivity index (χ1n) is 3.47. The summed E-state index contributed by atoms with van der Waals surface area (Å²) in [5.41, 5.74) is -1.32. The number of alkyl halides is 4. The molecule has 1 aromatic rings. The zero-order chi connectivity index (χ0) is 10.9. The Labute approximate surface area is 87.4 Å². The number of halogens is 6. The van der Waals surface area contributed by atoms with Gasteiger partial charge in [0.25, 0.3) is 0 Å². The van der Waals surface area contributed by atoms with Gasteiger partial charge in [0.1, 0.15) is 5.82 Å². The van der Waals surface area contributed by atoms with Crippen LogP contribution in [0.2, 0.25) is 5.02 Å². The van der Waals surface area contributed by atoms with Crippen LogP contribution in [0.25, 0.3) is 0 Å². The number of hydrogen-bond donors (Lipinski definition) is 0. The van der Waals surface area contributed by atoms with Gasteiger partial charge in [0, 0.05) is 5.88 Å². The summed E-state index contributed by atoms with van der Waals surface area (Å²) in [4.78, 5) is 0. The monoisotopic (exact) mass is 246 g/mol. The first-order valence-corrected chi connectivity index (χ1v) is 4.38. The molecule has 0 saturated heterocycles. The van der Waals surface area contributed by atoms with E-state index in [-0.39, 0.29) is 16.5 Å². The molecule has 0 saturated carbocycles. The van der Waals surface area contributed by atoms with Crippen molar-refractivity contribution in [2.24, 2.45) is 0 Å². The molecule has 0 unspecified atom stereocenters. The highest BCUT2D eigenvalue weighted by Crippen LogP contribution is 2.35. The van der Waals surface area contributed by atoms with Crippen molar-refractivity contribution < 1.29 is 17.6 Å². The van der Waals surface area contributed by atoms with E-state index < -0.39 is 17.6 Å². The van der Waals surface area contributed by atoms with Crippen molar-refractivity contribution >= 4 is 23.2 Å². The number of rotatable bonds is 1. The zero-order valence-electron chi connectivity index (χ0n) is 6.63. The van der Waals surface area contributed by atoms with Gasteiger partial charge in [-0.15, -0.1) is 11.6 Å². The normalized spacial score (nSPS) is 11.9. The summed E-state index contributed by atoms with van der Waals surface area (Å²) in [6.45, 7) is 0. The SMILES string of the molecule is Fc1cc(C(F)(F)F)c(CCl)cc1Cl. The minimum Gasteiger partial charge on any atom is -0.205 e. The maximum atomic E-state index is 12.8. The van der Waals surface area contributed by atoms with Gasteiger partial charge in [-0.2, -0.15) is 13.2 Å². The summed E-state index contributed by atoms with van der Waals surface area (Å²) in [6.07, 6.45) is -4.62. The van der Waals surface area contributed by atoms with Crippen LogP contribution in [0.5, 0.6) is 0 Å². The van der Waals surface area contributed by atoms with E-state index in [1.54, 1.807) is 0 Å². The molecule has 0 N–H and O–H groups in total. The molecule has 1 aromatic carbocycles. The topological polar surface area (TPSA) is 0 Å². The molecular formula is C8H4Cl2F4. The Morgan fingerprint density at radius 3 is 2.21 bits per heavy atom. The molecule has 0 aliphatic heterocycles. The van der Waals surface area contributed by atoms with Crippen molar-refractivity contribution in [2.45, 2.75) is 12.1 Å². The summed E-state index contributed by atoms with van der Waals surface area (Å²) < 4.78 is 49.6. The largest absolute Gasteiger partial charge is 0.416 e. The van der Waals surface area contributed by atoms with Crippen molar-refractivity contribution in [1.29, 1.82) is 0 Å². The van der Waals surface area contributed by atoms with E-state index in [1.807, 2.05) is 0 Å². The molecule has 14 heavy (non-hydrogen) atoms. The number of hydrogen-bond acceptors (Lipinski definition) is 0.